The summed E-state index contributed by atoms with van der Waals surface area (Å²) in [5.41, 5.74) is 7.05. The summed E-state index contributed by atoms with van der Waals surface area (Å²) in [6.07, 6.45) is -2.79. The van der Waals surface area contributed by atoms with Crippen LogP contribution in [0.15, 0.2) is 42.6 Å². The molecule has 5 nitrogen and oxygen atoms in total. The number of alkyl halides is 3. The van der Waals surface area contributed by atoms with Gasteiger partial charge in [-0.25, -0.2) is 0 Å². The Morgan fingerprint density at radius 2 is 2.08 bits per heavy atom. The zero-order valence-electron chi connectivity index (χ0n) is 13.5. The summed E-state index contributed by atoms with van der Waals surface area (Å²) in [5.74, 6) is -0.353. The van der Waals surface area contributed by atoms with Crippen molar-refractivity contribution in [1.82, 2.24) is 4.98 Å². The summed E-state index contributed by atoms with van der Waals surface area (Å²) < 4.78 is 41.7. The summed E-state index contributed by atoms with van der Waals surface area (Å²) in [6, 6.07) is 9.18. The average molecular weight is 353 g/mol. The Morgan fingerprint density at radius 1 is 1.32 bits per heavy atom. The lowest BCUT2D eigenvalue weighted by atomic mass is 10.1. The molecule has 25 heavy (non-hydrogen) atoms. The number of halogens is 3. The van der Waals surface area contributed by atoms with Gasteiger partial charge in [-0.1, -0.05) is 6.07 Å². The van der Waals surface area contributed by atoms with Gasteiger partial charge in [-0.2, -0.15) is 13.2 Å². The number of carbonyl (C=O) groups is 1. The molecule has 0 fully saturated rings. The highest BCUT2D eigenvalue weighted by molar-refractivity contribution is 5.95. The number of hydrogen-bond acceptors (Lipinski definition) is 4. The van der Waals surface area contributed by atoms with Gasteiger partial charge in [0.1, 0.15) is 5.75 Å². The minimum atomic E-state index is -4.45. The topological polar surface area (TPSA) is 77.2 Å². The Kier molecular flexibility index (Phi) is 5.97. The fraction of sp³-hybridized carbons (Fsp3) is 0.294. The van der Waals surface area contributed by atoms with Gasteiger partial charge in [0.15, 0.2) is 6.61 Å². The molecule has 1 aromatic heterocycles. The molecule has 0 radical (unpaired) electrons. The average Bonchev–Trinajstić information content (AvgIpc) is 2.52. The molecule has 1 atom stereocenters. The highest BCUT2D eigenvalue weighted by Crippen LogP contribution is 2.31. The smallest absolute Gasteiger partial charge is 0.422 e. The van der Waals surface area contributed by atoms with Gasteiger partial charge in [0.2, 0.25) is 5.91 Å². The number of benzene rings is 1. The first kappa shape index (κ1) is 18.7. The zero-order valence-corrected chi connectivity index (χ0v) is 13.5. The zero-order chi connectivity index (χ0) is 18.4. The number of nitrogens with one attached hydrogen (secondary N) is 1. The lowest BCUT2D eigenvalue weighted by Gasteiger charge is -2.15. The SMILES string of the molecule is CC(N)CC(=O)Nc1cc(OCC(F)(F)F)ccc1-c1ccccn1. The van der Waals surface area contributed by atoms with E-state index in [4.69, 9.17) is 10.5 Å². The van der Waals surface area contributed by atoms with Crippen LogP contribution >= 0.6 is 0 Å². The lowest BCUT2D eigenvalue weighted by molar-refractivity contribution is -0.153. The van der Waals surface area contributed by atoms with Gasteiger partial charge in [0.05, 0.1) is 11.4 Å². The predicted octanol–water partition coefficient (Wildman–Crippen LogP) is 3.37. The highest BCUT2D eigenvalue weighted by atomic mass is 19.4. The molecule has 0 saturated carbocycles. The van der Waals surface area contributed by atoms with E-state index in [0.29, 0.717) is 16.9 Å². The van der Waals surface area contributed by atoms with Crippen molar-refractivity contribution >= 4 is 11.6 Å². The first-order chi connectivity index (χ1) is 11.7. The van der Waals surface area contributed by atoms with E-state index in [9.17, 15) is 18.0 Å². The molecule has 134 valence electrons. The van der Waals surface area contributed by atoms with Gasteiger partial charge in [0, 0.05) is 30.3 Å². The Bertz CT molecular complexity index is 719. The number of aromatic nitrogens is 1. The third-order valence-corrected chi connectivity index (χ3v) is 3.12. The number of pyridine rings is 1. The quantitative estimate of drug-likeness (QED) is 0.835. The van der Waals surface area contributed by atoms with Crippen LogP contribution in [-0.2, 0) is 4.79 Å². The van der Waals surface area contributed by atoms with Crippen LogP contribution in [0.5, 0.6) is 5.75 Å². The van der Waals surface area contributed by atoms with Crippen LogP contribution in [0.2, 0.25) is 0 Å². The molecule has 1 unspecified atom stereocenters. The molecule has 0 saturated heterocycles. The summed E-state index contributed by atoms with van der Waals surface area (Å²) >= 11 is 0. The van der Waals surface area contributed by atoms with Crippen LogP contribution in [0.25, 0.3) is 11.3 Å². The van der Waals surface area contributed by atoms with E-state index in [2.05, 4.69) is 10.3 Å². The van der Waals surface area contributed by atoms with Gasteiger partial charge < -0.3 is 15.8 Å². The number of rotatable bonds is 6. The van der Waals surface area contributed by atoms with E-state index in [1.165, 1.54) is 12.1 Å². The Hall–Kier alpha value is -2.61. The first-order valence-corrected chi connectivity index (χ1v) is 7.55. The van der Waals surface area contributed by atoms with Gasteiger partial charge in [0.25, 0.3) is 0 Å². The minimum absolute atomic E-state index is 0.00639. The Balaban J connectivity index is 2.30. The molecule has 2 rings (SSSR count). The van der Waals surface area contributed by atoms with Crippen molar-refractivity contribution in [1.29, 1.82) is 0 Å². The van der Waals surface area contributed by atoms with Crippen molar-refractivity contribution in [2.45, 2.75) is 25.6 Å². The number of nitrogens with two attached hydrogens (primary N) is 1. The second kappa shape index (κ2) is 7.98. The maximum Gasteiger partial charge on any atom is 0.422 e. The van der Waals surface area contributed by atoms with Crippen LogP contribution < -0.4 is 15.8 Å². The molecule has 0 bridgehead atoms. The predicted molar refractivity (Wildman–Crippen MR) is 88.1 cm³/mol. The molecule has 0 spiro atoms. The largest absolute Gasteiger partial charge is 0.484 e. The summed E-state index contributed by atoms with van der Waals surface area (Å²) in [6.45, 7) is 0.269. The monoisotopic (exact) mass is 353 g/mol. The molecule has 2 aromatic rings. The van der Waals surface area contributed by atoms with Crippen LogP contribution in [0.3, 0.4) is 0 Å². The van der Waals surface area contributed by atoms with Gasteiger partial charge in [-0.15, -0.1) is 0 Å². The Labute approximate surface area is 143 Å². The van der Waals surface area contributed by atoms with Gasteiger partial charge >= 0.3 is 6.18 Å². The van der Waals surface area contributed by atoms with Crippen molar-refractivity contribution in [3.63, 3.8) is 0 Å². The number of ether oxygens (including phenoxy) is 1. The maximum absolute atomic E-state index is 12.3. The van der Waals surface area contributed by atoms with Crippen molar-refractivity contribution in [3.8, 4) is 17.0 Å². The van der Waals surface area contributed by atoms with Crippen LogP contribution in [0, 0.1) is 0 Å². The summed E-state index contributed by atoms with van der Waals surface area (Å²) in [7, 11) is 0. The highest BCUT2D eigenvalue weighted by Gasteiger charge is 2.28. The molecule has 1 heterocycles. The number of hydrogen-bond donors (Lipinski definition) is 2. The van der Waals surface area contributed by atoms with Gasteiger partial charge in [-0.3, -0.25) is 9.78 Å². The van der Waals surface area contributed by atoms with E-state index >= 15 is 0 Å². The molecule has 0 aliphatic heterocycles. The van der Waals surface area contributed by atoms with E-state index in [-0.39, 0.29) is 24.1 Å². The molecule has 0 aliphatic carbocycles. The minimum Gasteiger partial charge on any atom is -0.484 e. The van der Waals surface area contributed by atoms with E-state index in [1.54, 1.807) is 37.4 Å². The molecule has 0 aliphatic rings. The van der Waals surface area contributed by atoms with Crippen molar-refractivity contribution in [2.75, 3.05) is 11.9 Å². The van der Waals surface area contributed by atoms with Crippen LogP contribution in [0.1, 0.15) is 13.3 Å². The number of anilines is 1. The first-order valence-electron chi connectivity index (χ1n) is 7.55. The summed E-state index contributed by atoms with van der Waals surface area (Å²) in [5, 5.41) is 2.66. The molecule has 8 heteroatoms. The second-order valence-electron chi connectivity index (χ2n) is 5.56. The third kappa shape index (κ3) is 6.07. The number of carbonyl (C=O) groups excluding carboxylic acids is 1. The molecular weight excluding hydrogens is 335 g/mol. The molecule has 3 N–H and O–H groups in total. The standard InChI is InChI=1S/C17H18F3N3O2/c1-11(21)8-16(24)23-15-9-12(25-10-17(18,19)20)5-6-13(15)14-4-2-3-7-22-14/h2-7,9,11H,8,10,21H2,1H3,(H,23,24). The summed E-state index contributed by atoms with van der Waals surface area (Å²) in [4.78, 5) is 16.2. The fourth-order valence-electron chi connectivity index (χ4n) is 2.12. The van der Waals surface area contributed by atoms with Crippen molar-refractivity contribution in [2.24, 2.45) is 5.73 Å². The fourth-order valence-corrected chi connectivity index (χ4v) is 2.12. The number of amides is 1. The van der Waals surface area contributed by atoms with Crippen LogP contribution in [0.4, 0.5) is 18.9 Å². The van der Waals surface area contributed by atoms with E-state index < -0.39 is 12.8 Å². The lowest BCUT2D eigenvalue weighted by Crippen LogP contribution is -2.24. The van der Waals surface area contributed by atoms with Crippen molar-refractivity contribution in [3.05, 3.63) is 42.6 Å². The molecular formula is C17H18F3N3O2. The van der Waals surface area contributed by atoms with Crippen LogP contribution in [-0.4, -0.2) is 29.7 Å². The Morgan fingerprint density at radius 3 is 2.68 bits per heavy atom. The van der Waals surface area contributed by atoms with Crippen molar-refractivity contribution < 1.29 is 22.7 Å². The second-order valence-corrected chi connectivity index (χ2v) is 5.56. The third-order valence-electron chi connectivity index (χ3n) is 3.12. The van der Waals surface area contributed by atoms with E-state index in [0.717, 1.165) is 0 Å². The molecule has 1 aromatic carbocycles. The van der Waals surface area contributed by atoms with E-state index in [1.807, 2.05) is 0 Å². The maximum atomic E-state index is 12.3. The van der Waals surface area contributed by atoms with Gasteiger partial charge in [-0.05, 0) is 31.2 Å². The normalized spacial score (nSPS) is 12.5. The number of nitrogens with zero attached hydrogens (tertiary/aromatic N) is 1. The molecule has 1 amide bonds.